The molecule has 0 radical (unpaired) electrons. The first-order chi connectivity index (χ1) is 15.2. The van der Waals surface area contributed by atoms with Gasteiger partial charge in [0.2, 0.25) is 0 Å². The van der Waals surface area contributed by atoms with Crippen molar-refractivity contribution >= 4 is 6.21 Å². The molecule has 0 amide bonds. The minimum Gasteiger partial charge on any atom is -0.396 e. The SMILES string of the molecule is CC(/C=N/OCCCCN)=C\[C@H]1CC[C@]2(O)[C@@H]3CC[C@@H]4C[C@@H](O)CC[C@]4(C)[C@H]3CC[C@]12C. The third-order valence-electron chi connectivity index (χ3n) is 10.4. The Balaban J connectivity index is 1.46. The van der Waals surface area contributed by atoms with Crippen LogP contribution in [0.25, 0.3) is 0 Å². The molecule has 8 atom stereocenters. The van der Waals surface area contributed by atoms with E-state index in [1.54, 1.807) is 0 Å². The van der Waals surface area contributed by atoms with Gasteiger partial charge in [0.25, 0.3) is 0 Å². The molecule has 4 saturated carbocycles. The lowest BCUT2D eigenvalue weighted by Gasteiger charge is -2.63. The second kappa shape index (κ2) is 9.38. The van der Waals surface area contributed by atoms with Crippen molar-refractivity contribution < 1.29 is 15.1 Å². The largest absolute Gasteiger partial charge is 0.396 e. The third-order valence-corrected chi connectivity index (χ3v) is 10.4. The van der Waals surface area contributed by atoms with Crippen molar-refractivity contribution in [1.82, 2.24) is 0 Å². The molecular formula is C27H46N2O3. The van der Waals surface area contributed by atoms with Gasteiger partial charge in [0.1, 0.15) is 6.61 Å². The van der Waals surface area contributed by atoms with Crippen LogP contribution in [0.3, 0.4) is 0 Å². The molecule has 0 bridgehead atoms. The van der Waals surface area contributed by atoms with Crippen molar-refractivity contribution in [1.29, 1.82) is 0 Å². The number of fused-ring (bicyclic) bond motifs is 5. The zero-order chi connectivity index (χ0) is 23.0. The van der Waals surface area contributed by atoms with E-state index in [1.807, 2.05) is 6.21 Å². The molecule has 0 heterocycles. The zero-order valence-corrected chi connectivity index (χ0v) is 20.6. The van der Waals surface area contributed by atoms with E-state index in [9.17, 15) is 10.2 Å². The normalized spacial score (nSPS) is 46.6. The fraction of sp³-hybridized carbons (Fsp3) is 0.889. The number of nitrogens with two attached hydrogens (primary N) is 1. The Morgan fingerprint density at radius 1 is 1.06 bits per heavy atom. The lowest BCUT2D eigenvalue weighted by molar-refractivity contribution is -0.207. The molecule has 32 heavy (non-hydrogen) atoms. The van der Waals surface area contributed by atoms with Crippen LogP contribution in [0.5, 0.6) is 0 Å². The zero-order valence-electron chi connectivity index (χ0n) is 20.6. The molecule has 0 spiro atoms. The monoisotopic (exact) mass is 446 g/mol. The van der Waals surface area contributed by atoms with Gasteiger partial charge in [0.15, 0.2) is 0 Å². The first-order valence-corrected chi connectivity index (χ1v) is 13.2. The molecule has 182 valence electrons. The highest BCUT2D eigenvalue weighted by Crippen LogP contribution is 2.69. The van der Waals surface area contributed by atoms with Crippen LogP contribution in [-0.2, 0) is 4.84 Å². The van der Waals surface area contributed by atoms with Crippen LogP contribution in [0, 0.1) is 34.5 Å². The van der Waals surface area contributed by atoms with Crippen molar-refractivity contribution in [3.63, 3.8) is 0 Å². The Kier molecular flexibility index (Phi) is 7.10. The molecule has 0 aromatic rings. The van der Waals surface area contributed by atoms with Crippen LogP contribution >= 0.6 is 0 Å². The summed E-state index contributed by atoms with van der Waals surface area (Å²) >= 11 is 0. The molecule has 4 fully saturated rings. The number of unbranched alkanes of at least 4 members (excludes halogenated alkanes) is 1. The van der Waals surface area contributed by atoms with Gasteiger partial charge in [-0.05, 0) is 119 Å². The summed E-state index contributed by atoms with van der Waals surface area (Å²) in [6.45, 7) is 8.23. The fourth-order valence-corrected chi connectivity index (χ4v) is 8.36. The predicted molar refractivity (Wildman–Crippen MR) is 129 cm³/mol. The maximum absolute atomic E-state index is 12.3. The summed E-state index contributed by atoms with van der Waals surface area (Å²) < 4.78 is 0. The van der Waals surface area contributed by atoms with E-state index in [0.717, 1.165) is 63.4 Å². The Labute approximate surface area is 194 Å². The Bertz CT molecular complexity index is 724. The van der Waals surface area contributed by atoms with Crippen molar-refractivity contribution in [2.24, 2.45) is 45.4 Å². The molecule has 5 nitrogen and oxygen atoms in total. The van der Waals surface area contributed by atoms with Crippen molar-refractivity contribution in [2.75, 3.05) is 13.2 Å². The summed E-state index contributed by atoms with van der Waals surface area (Å²) in [6, 6.07) is 0. The predicted octanol–water partition coefficient (Wildman–Crippen LogP) is 4.81. The van der Waals surface area contributed by atoms with Gasteiger partial charge in [-0.3, -0.25) is 0 Å². The van der Waals surface area contributed by atoms with E-state index in [1.165, 1.54) is 12.8 Å². The summed E-state index contributed by atoms with van der Waals surface area (Å²) in [7, 11) is 0. The molecule has 0 unspecified atom stereocenters. The van der Waals surface area contributed by atoms with E-state index in [0.29, 0.717) is 36.8 Å². The number of nitrogens with zero attached hydrogens (tertiary/aromatic N) is 1. The van der Waals surface area contributed by atoms with Crippen molar-refractivity contribution in [3.05, 3.63) is 11.6 Å². The van der Waals surface area contributed by atoms with Crippen LogP contribution in [0.2, 0.25) is 0 Å². The smallest absolute Gasteiger partial charge is 0.117 e. The van der Waals surface area contributed by atoms with Crippen LogP contribution < -0.4 is 5.73 Å². The van der Waals surface area contributed by atoms with Crippen LogP contribution in [0.1, 0.15) is 91.4 Å². The molecule has 0 aliphatic heterocycles. The molecular weight excluding hydrogens is 400 g/mol. The summed E-state index contributed by atoms with van der Waals surface area (Å²) in [5.74, 6) is 2.01. The number of aliphatic hydroxyl groups excluding tert-OH is 1. The highest BCUT2D eigenvalue weighted by atomic mass is 16.6. The highest BCUT2D eigenvalue weighted by molar-refractivity contribution is 5.77. The molecule has 5 heteroatoms. The summed E-state index contributed by atoms with van der Waals surface area (Å²) in [5.41, 5.74) is 6.28. The van der Waals surface area contributed by atoms with Crippen LogP contribution in [0.15, 0.2) is 16.8 Å². The number of oxime groups is 1. The van der Waals surface area contributed by atoms with Crippen LogP contribution in [-0.4, -0.2) is 41.3 Å². The lowest BCUT2D eigenvalue weighted by atomic mass is 9.43. The first-order valence-electron chi connectivity index (χ1n) is 13.2. The van der Waals surface area contributed by atoms with Gasteiger partial charge in [-0.15, -0.1) is 0 Å². The van der Waals surface area contributed by atoms with E-state index >= 15 is 0 Å². The summed E-state index contributed by atoms with van der Waals surface area (Å²) in [6.07, 6.45) is 15.5. The molecule has 0 aromatic carbocycles. The van der Waals surface area contributed by atoms with Crippen molar-refractivity contribution in [3.8, 4) is 0 Å². The van der Waals surface area contributed by atoms with Gasteiger partial charge in [-0.25, -0.2) is 0 Å². The molecule has 0 saturated heterocycles. The van der Waals surface area contributed by atoms with E-state index in [-0.39, 0.29) is 16.9 Å². The second-order valence-electron chi connectivity index (χ2n) is 11.9. The maximum Gasteiger partial charge on any atom is 0.117 e. The summed E-state index contributed by atoms with van der Waals surface area (Å²) in [5, 5.41) is 26.6. The maximum atomic E-state index is 12.3. The number of aliphatic hydroxyl groups is 2. The summed E-state index contributed by atoms with van der Waals surface area (Å²) in [4.78, 5) is 5.37. The topological polar surface area (TPSA) is 88.1 Å². The second-order valence-corrected chi connectivity index (χ2v) is 11.9. The molecule has 0 aromatic heterocycles. The molecule has 4 rings (SSSR count). The van der Waals surface area contributed by atoms with Gasteiger partial charge in [-0.2, -0.15) is 0 Å². The molecule has 4 aliphatic carbocycles. The highest BCUT2D eigenvalue weighted by Gasteiger charge is 2.66. The van der Waals surface area contributed by atoms with Gasteiger partial charge in [0, 0.05) is 5.41 Å². The lowest BCUT2D eigenvalue weighted by Crippen LogP contribution is -2.62. The van der Waals surface area contributed by atoms with Gasteiger partial charge < -0.3 is 20.8 Å². The van der Waals surface area contributed by atoms with Crippen LogP contribution in [0.4, 0.5) is 0 Å². The number of rotatable bonds is 7. The van der Waals surface area contributed by atoms with Crippen molar-refractivity contribution in [2.45, 2.75) is 103 Å². The number of hydrogen-bond acceptors (Lipinski definition) is 5. The Morgan fingerprint density at radius 3 is 2.66 bits per heavy atom. The van der Waals surface area contributed by atoms with E-state index < -0.39 is 5.60 Å². The van der Waals surface area contributed by atoms with E-state index in [2.05, 4.69) is 32.0 Å². The average Bonchev–Trinajstić information content (AvgIpc) is 3.02. The van der Waals surface area contributed by atoms with Gasteiger partial charge in [-0.1, -0.05) is 25.1 Å². The first kappa shape index (κ1) is 24.2. The number of hydrogen-bond donors (Lipinski definition) is 3. The Morgan fingerprint density at radius 2 is 1.88 bits per heavy atom. The minimum atomic E-state index is -0.572. The van der Waals surface area contributed by atoms with Gasteiger partial charge >= 0.3 is 0 Å². The number of allylic oxidation sites excluding steroid dienone is 2. The van der Waals surface area contributed by atoms with E-state index in [4.69, 9.17) is 10.6 Å². The van der Waals surface area contributed by atoms with Gasteiger partial charge in [0.05, 0.1) is 17.9 Å². The molecule has 4 N–H and O–H groups in total. The quantitative estimate of drug-likeness (QED) is 0.297. The molecule has 4 aliphatic rings. The Hall–Kier alpha value is -0.910. The standard InChI is InChI=1S/C27H46N2O3/c1-19(18-29-32-15-5-4-14-28)16-21-8-13-27(31)24-7-6-20-17-22(30)9-11-25(20,2)23(24)10-12-26(21,27)3/h16,18,20-24,30-31H,4-15,17,28H2,1-3H3/b19-16+,29-18+/t20-,21-,22+,23+,24-,25+,26-,27+/m1/s1. The average molecular weight is 447 g/mol. The fourth-order valence-electron chi connectivity index (χ4n) is 8.36. The minimum absolute atomic E-state index is 0.0668. The third kappa shape index (κ3) is 4.07.